The molecule has 1 unspecified atom stereocenters. The van der Waals surface area contributed by atoms with Crippen molar-refractivity contribution < 1.29 is 9.53 Å². The number of aryl methyl sites for hydroxylation is 3. The smallest absolute Gasteiger partial charge is 0.343 e. The van der Waals surface area contributed by atoms with Gasteiger partial charge in [0, 0.05) is 25.8 Å². The van der Waals surface area contributed by atoms with E-state index in [1.165, 1.54) is 17.3 Å². The first-order valence-corrected chi connectivity index (χ1v) is 9.16. The summed E-state index contributed by atoms with van der Waals surface area (Å²) in [4.78, 5) is 24.7. The number of hydrogen-bond donors (Lipinski definition) is 1. The second-order valence-electron chi connectivity index (χ2n) is 6.19. The number of ketones is 1. The zero-order valence-corrected chi connectivity index (χ0v) is 16.2. The summed E-state index contributed by atoms with van der Waals surface area (Å²) in [5.74, 6) is 0.0458. The van der Waals surface area contributed by atoms with E-state index >= 15 is 0 Å². The van der Waals surface area contributed by atoms with Crippen LogP contribution in [0.25, 0.3) is 0 Å². The lowest BCUT2D eigenvalue weighted by Gasteiger charge is -2.14. The van der Waals surface area contributed by atoms with Crippen LogP contribution >= 0.6 is 11.8 Å². The number of methoxy groups -OCH3 is 1. The Morgan fingerprint density at radius 2 is 1.96 bits per heavy atom. The van der Waals surface area contributed by atoms with E-state index in [1.54, 1.807) is 11.7 Å². The van der Waals surface area contributed by atoms with Crippen LogP contribution in [0.1, 0.15) is 40.4 Å². The minimum absolute atomic E-state index is 0.0458. The van der Waals surface area contributed by atoms with Gasteiger partial charge < -0.3 is 4.74 Å². The van der Waals surface area contributed by atoms with Crippen LogP contribution in [0.15, 0.2) is 22.1 Å². The van der Waals surface area contributed by atoms with E-state index in [9.17, 15) is 9.59 Å². The highest BCUT2D eigenvalue weighted by molar-refractivity contribution is 8.00. The number of carbonyl (C=O) groups excluding carboxylic acids is 1. The summed E-state index contributed by atoms with van der Waals surface area (Å²) in [7, 11) is 1.63. The molecule has 1 aromatic carbocycles. The number of ether oxygens (including phenoxy) is 1. The highest BCUT2D eigenvalue weighted by Gasteiger charge is 2.22. The second-order valence-corrected chi connectivity index (χ2v) is 7.49. The molecule has 0 saturated heterocycles. The van der Waals surface area contributed by atoms with Crippen molar-refractivity contribution in [2.24, 2.45) is 0 Å². The van der Waals surface area contributed by atoms with Crippen molar-refractivity contribution in [1.82, 2.24) is 14.8 Å². The van der Waals surface area contributed by atoms with Crippen molar-refractivity contribution in [1.29, 1.82) is 0 Å². The third-order valence-corrected chi connectivity index (χ3v) is 5.30. The number of nitrogens with zero attached hydrogens (tertiary/aromatic N) is 2. The number of aromatic amines is 1. The fraction of sp³-hybridized carbons (Fsp3) is 0.500. The molecule has 1 atom stereocenters. The third-order valence-electron chi connectivity index (χ3n) is 4.21. The molecule has 0 radical (unpaired) electrons. The highest BCUT2D eigenvalue weighted by Crippen LogP contribution is 2.25. The Bertz CT molecular complexity index is 810. The molecular weight excluding hydrogens is 338 g/mol. The molecule has 136 valence electrons. The molecule has 6 nitrogen and oxygen atoms in total. The van der Waals surface area contributed by atoms with E-state index < -0.39 is 0 Å². The average molecular weight is 363 g/mol. The van der Waals surface area contributed by atoms with Gasteiger partial charge in [0.25, 0.3) is 0 Å². The highest BCUT2D eigenvalue weighted by atomic mass is 32.2. The second kappa shape index (κ2) is 8.49. The summed E-state index contributed by atoms with van der Waals surface area (Å²) >= 11 is 1.30. The fourth-order valence-corrected chi connectivity index (χ4v) is 3.56. The van der Waals surface area contributed by atoms with Crippen molar-refractivity contribution in [3.8, 4) is 0 Å². The predicted molar refractivity (Wildman–Crippen MR) is 99.6 cm³/mol. The maximum atomic E-state index is 12.8. The average Bonchev–Trinajstić information content (AvgIpc) is 2.91. The van der Waals surface area contributed by atoms with Gasteiger partial charge in [0.1, 0.15) is 0 Å². The van der Waals surface area contributed by atoms with E-state index in [1.807, 2.05) is 39.8 Å². The van der Waals surface area contributed by atoms with Gasteiger partial charge in [0.15, 0.2) is 10.9 Å². The van der Waals surface area contributed by atoms with E-state index in [2.05, 4.69) is 10.2 Å². The molecular formula is C18H25N3O3S. The minimum Gasteiger partial charge on any atom is -0.385 e. The first kappa shape index (κ1) is 19.5. The van der Waals surface area contributed by atoms with E-state index in [4.69, 9.17) is 4.74 Å². The molecule has 0 saturated carbocycles. The van der Waals surface area contributed by atoms with Gasteiger partial charge in [-0.2, -0.15) is 0 Å². The van der Waals surface area contributed by atoms with Crippen molar-refractivity contribution in [2.75, 3.05) is 13.7 Å². The van der Waals surface area contributed by atoms with Gasteiger partial charge in [-0.1, -0.05) is 17.8 Å². The number of benzene rings is 1. The Labute approximate surface area is 152 Å². The van der Waals surface area contributed by atoms with Gasteiger partial charge >= 0.3 is 5.69 Å². The van der Waals surface area contributed by atoms with Crippen molar-refractivity contribution in [3.05, 3.63) is 44.9 Å². The van der Waals surface area contributed by atoms with E-state index in [-0.39, 0.29) is 16.7 Å². The van der Waals surface area contributed by atoms with Gasteiger partial charge in [-0.3, -0.25) is 9.36 Å². The van der Waals surface area contributed by atoms with Crippen molar-refractivity contribution in [3.63, 3.8) is 0 Å². The Hall–Kier alpha value is -1.86. The van der Waals surface area contributed by atoms with Crippen LogP contribution in [0.4, 0.5) is 0 Å². The number of Topliss-reactive ketones (excluding diaryl/α,β-unsaturated/α-hetero) is 1. The van der Waals surface area contributed by atoms with E-state index in [0.717, 1.165) is 16.7 Å². The molecule has 0 bridgehead atoms. The van der Waals surface area contributed by atoms with Crippen molar-refractivity contribution in [2.45, 2.75) is 51.1 Å². The third kappa shape index (κ3) is 4.61. The number of hydrogen-bond acceptors (Lipinski definition) is 5. The molecule has 0 amide bonds. The summed E-state index contributed by atoms with van der Waals surface area (Å²) in [6, 6.07) is 3.98. The lowest BCUT2D eigenvalue weighted by atomic mass is 9.97. The van der Waals surface area contributed by atoms with Gasteiger partial charge in [-0.05, 0) is 56.9 Å². The molecule has 0 spiro atoms. The number of aromatic nitrogens is 3. The van der Waals surface area contributed by atoms with Gasteiger partial charge in [-0.15, -0.1) is 5.10 Å². The summed E-state index contributed by atoms with van der Waals surface area (Å²) in [6.45, 7) is 8.92. The molecule has 0 fully saturated rings. The summed E-state index contributed by atoms with van der Waals surface area (Å²) in [5, 5.41) is 6.72. The van der Waals surface area contributed by atoms with Crippen LogP contribution in [0.3, 0.4) is 0 Å². The lowest BCUT2D eigenvalue weighted by Crippen LogP contribution is -2.20. The molecule has 0 aliphatic carbocycles. The predicted octanol–water partition coefficient (Wildman–Crippen LogP) is 2.90. The normalized spacial score (nSPS) is 12.4. The standard InChI is InChI=1S/C18H25N3O3S/c1-11-9-13(3)15(10-12(11)2)16(22)14(4)25-18-20-19-17(23)21(18)7-6-8-24-5/h9-10,14H,6-8H2,1-5H3,(H,19,23). The molecule has 1 N–H and O–H groups in total. The maximum absolute atomic E-state index is 12.8. The molecule has 2 aromatic rings. The molecule has 0 aliphatic heterocycles. The minimum atomic E-state index is -0.336. The molecule has 2 rings (SSSR count). The molecule has 25 heavy (non-hydrogen) atoms. The number of thioether (sulfide) groups is 1. The van der Waals surface area contributed by atoms with Crippen LogP contribution < -0.4 is 5.69 Å². The number of carbonyl (C=O) groups is 1. The summed E-state index contributed by atoms with van der Waals surface area (Å²) in [5.41, 5.74) is 3.71. The molecule has 1 aromatic heterocycles. The zero-order chi connectivity index (χ0) is 18.6. The SMILES string of the molecule is COCCCn1c(SC(C)C(=O)c2cc(C)c(C)cc2C)n[nH]c1=O. The van der Waals surface area contributed by atoms with Gasteiger partial charge in [0.2, 0.25) is 0 Å². The Morgan fingerprint density at radius 1 is 1.28 bits per heavy atom. The largest absolute Gasteiger partial charge is 0.385 e. The monoisotopic (exact) mass is 363 g/mol. The van der Waals surface area contributed by atoms with Crippen LogP contribution in [-0.2, 0) is 11.3 Å². The lowest BCUT2D eigenvalue weighted by molar-refractivity contribution is 0.0993. The van der Waals surface area contributed by atoms with Crippen molar-refractivity contribution >= 4 is 17.5 Å². The summed E-state index contributed by atoms with van der Waals surface area (Å²) in [6.07, 6.45) is 0.710. The number of H-pyrrole nitrogens is 1. The van der Waals surface area contributed by atoms with Gasteiger partial charge in [-0.25, -0.2) is 9.89 Å². The maximum Gasteiger partial charge on any atom is 0.343 e. The number of rotatable bonds is 8. The Kier molecular flexibility index (Phi) is 6.61. The Balaban J connectivity index is 2.17. The molecule has 7 heteroatoms. The topological polar surface area (TPSA) is 77.0 Å². The fourth-order valence-electron chi connectivity index (χ4n) is 2.61. The number of nitrogens with one attached hydrogen (secondary N) is 1. The van der Waals surface area contributed by atoms with Crippen LogP contribution in [0, 0.1) is 20.8 Å². The molecule has 0 aliphatic rings. The zero-order valence-electron chi connectivity index (χ0n) is 15.4. The van der Waals surface area contributed by atoms with Crippen LogP contribution in [0.2, 0.25) is 0 Å². The first-order chi connectivity index (χ1) is 11.8. The van der Waals surface area contributed by atoms with Crippen LogP contribution in [0.5, 0.6) is 0 Å². The summed E-state index contributed by atoms with van der Waals surface area (Å²) < 4.78 is 6.58. The molecule has 1 heterocycles. The van der Waals surface area contributed by atoms with Gasteiger partial charge in [0.05, 0.1) is 5.25 Å². The Morgan fingerprint density at radius 3 is 2.64 bits per heavy atom. The van der Waals surface area contributed by atoms with Crippen LogP contribution in [-0.4, -0.2) is 39.5 Å². The first-order valence-electron chi connectivity index (χ1n) is 8.28. The quantitative estimate of drug-likeness (QED) is 0.443. The van der Waals surface area contributed by atoms with E-state index in [0.29, 0.717) is 24.7 Å².